The van der Waals surface area contributed by atoms with Gasteiger partial charge in [-0.15, -0.1) is 0 Å². The molecule has 2 aromatic rings. The Labute approximate surface area is 201 Å². The zero-order valence-electron chi connectivity index (χ0n) is 20.0. The maximum absolute atomic E-state index is 14.4. The minimum Gasteiger partial charge on any atom is -0.462 e. The lowest BCUT2D eigenvalue weighted by molar-refractivity contribution is 0.0328. The summed E-state index contributed by atoms with van der Waals surface area (Å²) in [6, 6.07) is 13.7. The van der Waals surface area contributed by atoms with Crippen LogP contribution in [0.25, 0.3) is 0 Å². The summed E-state index contributed by atoms with van der Waals surface area (Å²) in [5.41, 5.74) is 0.383. The molecule has 1 saturated heterocycles. The molecule has 34 heavy (non-hydrogen) atoms. The Morgan fingerprint density at radius 1 is 1.18 bits per heavy atom. The molecule has 1 heterocycles. The van der Waals surface area contributed by atoms with Crippen LogP contribution in [-0.2, 0) is 21.3 Å². The fraction of sp³-hybridized carbons (Fsp3) is 0.480. The lowest BCUT2D eigenvalue weighted by atomic mass is 10.00. The van der Waals surface area contributed by atoms with Crippen LogP contribution in [0.1, 0.15) is 49.5 Å². The van der Waals surface area contributed by atoms with Gasteiger partial charge in [0.05, 0.1) is 30.5 Å². The SMILES string of the molecule is CCOC(=O)c1ccc(CNS(=O)(=O)C2CC[N+](CC(C)(C)O)(c3ccccc3)CC2)c(F)c1. The van der Waals surface area contributed by atoms with Crippen LogP contribution < -0.4 is 9.21 Å². The third-order valence-corrected chi connectivity index (χ3v) is 8.11. The maximum Gasteiger partial charge on any atom is 0.338 e. The average molecular weight is 494 g/mol. The molecule has 0 saturated carbocycles. The van der Waals surface area contributed by atoms with Crippen LogP contribution in [0.3, 0.4) is 0 Å². The van der Waals surface area contributed by atoms with Gasteiger partial charge in [0.25, 0.3) is 0 Å². The Morgan fingerprint density at radius 2 is 1.82 bits per heavy atom. The van der Waals surface area contributed by atoms with E-state index in [9.17, 15) is 22.7 Å². The van der Waals surface area contributed by atoms with Crippen molar-refractivity contribution >= 4 is 21.7 Å². The second-order valence-electron chi connectivity index (χ2n) is 9.49. The zero-order valence-corrected chi connectivity index (χ0v) is 20.8. The minimum atomic E-state index is -3.69. The van der Waals surface area contributed by atoms with E-state index in [-0.39, 0.29) is 24.3 Å². The van der Waals surface area contributed by atoms with Crippen molar-refractivity contribution in [3.63, 3.8) is 0 Å². The lowest BCUT2D eigenvalue weighted by Crippen LogP contribution is -2.61. The van der Waals surface area contributed by atoms with Gasteiger partial charge in [0.15, 0.2) is 0 Å². The molecule has 2 N–H and O–H groups in total. The first-order chi connectivity index (χ1) is 16.0. The molecule has 0 unspecified atom stereocenters. The van der Waals surface area contributed by atoms with E-state index in [0.717, 1.165) is 11.8 Å². The first-order valence-electron chi connectivity index (χ1n) is 11.5. The molecule has 0 bridgehead atoms. The minimum absolute atomic E-state index is 0.0834. The first-order valence-corrected chi connectivity index (χ1v) is 13.1. The smallest absolute Gasteiger partial charge is 0.338 e. The molecule has 3 rings (SSSR count). The summed E-state index contributed by atoms with van der Waals surface area (Å²) in [5, 5.41) is 9.93. The number of hydrogen-bond acceptors (Lipinski definition) is 5. The number of hydrogen-bond donors (Lipinski definition) is 2. The average Bonchev–Trinajstić information content (AvgIpc) is 2.78. The van der Waals surface area contributed by atoms with E-state index >= 15 is 0 Å². The van der Waals surface area contributed by atoms with Crippen LogP contribution in [0.15, 0.2) is 48.5 Å². The van der Waals surface area contributed by atoms with Gasteiger partial charge in [-0.05, 0) is 45.0 Å². The molecule has 0 spiro atoms. The van der Waals surface area contributed by atoms with Crippen molar-refractivity contribution in [1.29, 1.82) is 0 Å². The van der Waals surface area contributed by atoms with Crippen molar-refractivity contribution in [3.8, 4) is 0 Å². The van der Waals surface area contributed by atoms with Gasteiger partial charge in [-0.1, -0.05) is 24.3 Å². The predicted molar refractivity (Wildman–Crippen MR) is 130 cm³/mol. The second-order valence-corrected chi connectivity index (χ2v) is 11.5. The molecule has 186 valence electrons. The van der Waals surface area contributed by atoms with E-state index in [4.69, 9.17) is 4.74 Å². The molecule has 0 atom stereocenters. The van der Waals surface area contributed by atoms with Crippen molar-refractivity contribution in [3.05, 3.63) is 65.5 Å². The molecule has 0 amide bonds. The number of likely N-dealkylation sites (tertiary alicyclic amines) is 1. The molecule has 1 aliphatic rings. The third kappa shape index (κ3) is 6.41. The fourth-order valence-electron chi connectivity index (χ4n) is 4.67. The number of piperidine rings is 1. The number of sulfonamides is 1. The lowest BCUT2D eigenvalue weighted by Gasteiger charge is -2.45. The molecule has 7 nitrogen and oxygen atoms in total. The molecule has 0 aromatic heterocycles. The number of nitrogens with zero attached hydrogens (tertiary/aromatic N) is 1. The number of carbonyl (C=O) groups is 1. The highest BCUT2D eigenvalue weighted by atomic mass is 32.2. The molecule has 2 aromatic carbocycles. The number of benzene rings is 2. The molecule has 1 fully saturated rings. The third-order valence-electron chi connectivity index (χ3n) is 6.22. The van der Waals surface area contributed by atoms with E-state index in [1.54, 1.807) is 20.8 Å². The highest BCUT2D eigenvalue weighted by molar-refractivity contribution is 7.90. The van der Waals surface area contributed by atoms with Gasteiger partial charge in [0.2, 0.25) is 10.0 Å². The standard InChI is InChI=1S/C25H34FN2O5S/c1-4-33-24(29)19-10-11-20(23(26)16-19)17-27-34(31,32)22-12-14-28(15-13-22,18-25(2,3)30)21-8-6-5-7-9-21/h5-11,16,22,27,30H,4,12-15,17-18H2,1-3H3/q+1. The van der Waals surface area contributed by atoms with Gasteiger partial charge in [0, 0.05) is 24.9 Å². The normalized spacial score (nSPS) is 21.3. The Morgan fingerprint density at radius 3 is 2.38 bits per heavy atom. The van der Waals surface area contributed by atoms with Crippen LogP contribution >= 0.6 is 0 Å². The molecule has 0 aliphatic carbocycles. The molecule has 1 aliphatic heterocycles. The van der Waals surface area contributed by atoms with Gasteiger partial charge >= 0.3 is 5.97 Å². The maximum atomic E-state index is 14.4. The molecule has 0 radical (unpaired) electrons. The highest BCUT2D eigenvalue weighted by Gasteiger charge is 2.43. The summed E-state index contributed by atoms with van der Waals surface area (Å²) in [7, 11) is -3.69. The largest absolute Gasteiger partial charge is 0.462 e. The Bertz CT molecular complexity index is 1090. The van der Waals surface area contributed by atoms with E-state index in [0.29, 0.717) is 37.0 Å². The van der Waals surface area contributed by atoms with Crippen molar-refractivity contribution in [2.45, 2.75) is 51.0 Å². The zero-order chi connectivity index (χ0) is 25.0. The number of para-hydroxylation sites is 1. The van der Waals surface area contributed by atoms with Crippen LogP contribution in [0, 0.1) is 5.82 Å². The van der Waals surface area contributed by atoms with Crippen molar-refractivity contribution < 1.29 is 27.4 Å². The monoisotopic (exact) mass is 493 g/mol. The number of halogens is 1. The first kappa shape index (κ1) is 26.3. The van der Waals surface area contributed by atoms with E-state index in [2.05, 4.69) is 4.72 Å². The number of quaternary nitrogens is 1. The predicted octanol–water partition coefficient (Wildman–Crippen LogP) is 3.36. The van der Waals surface area contributed by atoms with Gasteiger partial charge < -0.3 is 9.84 Å². The fourth-order valence-corrected chi connectivity index (χ4v) is 6.09. The summed E-state index contributed by atoms with van der Waals surface area (Å²) in [5.74, 6) is -1.29. The van der Waals surface area contributed by atoms with Gasteiger partial charge in [-0.2, -0.15) is 0 Å². The number of aliphatic hydroxyl groups is 1. The molecular weight excluding hydrogens is 459 g/mol. The van der Waals surface area contributed by atoms with Gasteiger partial charge in [-0.25, -0.2) is 22.3 Å². The Hall–Kier alpha value is -2.33. The number of ether oxygens (including phenoxy) is 1. The quantitative estimate of drug-likeness (QED) is 0.413. The summed E-state index contributed by atoms with van der Waals surface area (Å²) in [4.78, 5) is 11.8. The van der Waals surface area contributed by atoms with Crippen LogP contribution in [0.2, 0.25) is 0 Å². The number of carbonyl (C=O) groups excluding carboxylic acids is 1. The molecular formula is C25H34FN2O5S+. The summed E-state index contributed by atoms with van der Waals surface area (Å²) in [6.45, 7) is 6.81. The van der Waals surface area contributed by atoms with E-state index in [1.807, 2.05) is 30.3 Å². The topological polar surface area (TPSA) is 92.7 Å². The van der Waals surface area contributed by atoms with Gasteiger partial charge in [-0.3, -0.25) is 4.48 Å². The van der Waals surface area contributed by atoms with Crippen LogP contribution in [0.4, 0.5) is 10.1 Å². The summed E-state index contributed by atoms with van der Waals surface area (Å²) < 4.78 is 48.4. The van der Waals surface area contributed by atoms with Crippen LogP contribution in [0.5, 0.6) is 0 Å². The van der Waals surface area contributed by atoms with Crippen molar-refractivity contribution in [1.82, 2.24) is 9.21 Å². The summed E-state index contributed by atoms with van der Waals surface area (Å²) >= 11 is 0. The highest BCUT2D eigenvalue weighted by Crippen LogP contribution is 2.32. The Balaban J connectivity index is 1.68. The van der Waals surface area contributed by atoms with Gasteiger partial charge in [0.1, 0.15) is 23.7 Å². The number of rotatable bonds is 9. The van der Waals surface area contributed by atoms with Crippen LogP contribution in [-0.4, -0.2) is 56.6 Å². The van der Waals surface area contributed by atoms with E-state index < -0.39 is 32.7 Å². The Kier molecular flexibility index (Phi) is 8.13. The molecule has 9 heteroatoms. The summed E-state index contributed by atoms with van der Waals surface area (Å²) in [6.07, 6.45) is 0.842. The van der Waals surface area contributed by atoms with E-state index in [1.165, 1.54) is 12.1 Å². The second kappa shape index (κ2) is 10.5. The number of esters is 1. The number of nitrogens with one attached hydrogen (secondary N) is 1. The van der Waals surface area contributed by atoms with Crippen molar-refractivity contribution in [2.75, 3.05) is 26.2 Å². The van der Waals surface area contributed by atoms with Crippen molar-refractivity contribution in [2.24, 2.45) is 0 Å².